The van der Waals surface area contributed by atoms with Crippen LogP contribution in [0.1, 0.15) is 55.9 Å². The zero-order valence-corrected chi connectivity index (χ0v) is 25.3. The fourth-order valence-corrected chi connectivity index (χ4v) is 6.51. The van der Waals surface area contributed by atoms with Gasteiger partial charge in [0, 0.05) is 44.5 Å². The molecule has 1 amide bonds. The Kier molecular flexibility index (Phi) is 9.66. The largest absolute Gasteiger partial charge is 0.479 e. The average Bonchev–Trinajstić information content (AvgIpc) is 3.51. The van der Waals surface area contributed by atoms with E-state index < -0.39 is 63.8 Å². The highest BCUT2D eigenvalue weighted by Gasteiger charge is 2.50. The number of aliphatic carboxylic acids is 1. The minimum atomic E-state index is -3.37. The number of hydrogen-bond acceptors (Lipinski definition) is 10. The van der Waals surface area contributed by atoms with Crippen LogP contribution in [0.15, 0.2) is 29.2 Å². The summed E-state index contributed by atoms with van der Waals surface area (Å²) in [6.45, 7) is 4.34. The van der Waals surface area contributed by atoms with Crippen LogP contribution in [0.4, 0.5) is 0 Å². The van der Waals surface area contributed by atoms with Crippen LogP contribution >= 0.6 is 0 Å². The maximum absolute atomic E-state index is 13.6. The molecule has 2 aromatic heterocycles. The van der Waals surface area contributed by atoms with E-state index in [1.807, 2.05) is 13.8 Å². The number of carbonyl (C=O) groups is 3. The fraction of sp³-hybridized carbons (Fsp3) is 0.630. The zero-order chi connectivity index (χ0) is 31.8. The van der Waals surface area contributed by atoms with Gasteiger partial charge in [-0.05, 0) is 57.7 Å². The molecule has 0 aliphatic carbocycles. The van der Waals surface area contributed by atoms with E-state index in [-0.39, 0.29) is 24.2 Å². The number of amides is 1. The molecule has 16 heteroatoms. The quantitative estimate of drug-likeness (QED) is 0.211. The number of nitrogens with zero attached hydrogens (tertiary/aromatic N) is 4. The first kappa shape index (κ1) is 32.6. The first-order valence-electron chi connectivity index (χ1n) is 14.1. The first-order chi connectivity index (χ1) is 20.1. The summed E-state index contributed by atoms with van der Waals surface area (Å²) < 4.78 is 33.5. The molecule has 6 unspecified atom stereocenters. The Hall–Kier alpha value is -3.31. The van der Waals surface area contributed by atoms with Gasteiger partial charge in [-0.25, -0.2) is 27.0 Å². The SMILES string of the molecule is CC(C)n1c(=O)c(C(=O)NC2CC3CCC(C2OC(=O)C(O)C(O)C(=O)O)N3CCCN(C)S(C)(=O)=O)cc2cccn21. The van der Waals surface area contributed by atoms with E-state index in [4.69, 9.17) is 9.84 Å². The van der Waals surface area contributed by atoms with Crippen LogP contribution in [0.5, 0.6) is 0 Å². The van der Waals surface area contributed by atoms with Crippen LogP contribution in [-0.4, -0.2) is 123 Å². The summed E-state index contributed by atoms with van der Waals surface area (Å²) in [5.74, 6) is -3.85. The maximum atomic E-state index is 13.6. The van der Waals surface area contributed by atoms with Crippen LogP contribution in [0.25, 0.3) is 5.52 Å². The predicted octanol–water partition coefficient (Wildman–Crippen LogP) is -0.983. The van der Waals surface area contributed by atoms with E-state index in [1.54, 1.807) is 22.8 Å². The molecule has 238 valence electrons. The Labute approximate surface area is 248 Å². The van der Waals surface area contributed by atoms with E-state index in [9.17, 15) is 37.8 Å². The number of aliphatic hydroxyl groups excluding tert-OH is 2. The Bertz CT molecular complexity index is 1540. The molecule has 43 heavy (non-hydrogen) atoms. The van der Waals surface area contributed by atoms with E-state index in [2.05, 4.69) is 10.2 Å². The third kappa shape index (κ3) is 6.77. The number of esters is 1. The molecular weight excluding hydrogens is 586 g/mol. The fourth-order valence-electron chi connectivity index (χ4n) is 6.05. The smallest absolute Gasteiger partial charge is 0.338 e. The lowest BCUT2D eigenvalue weighted by atomic mass is 9.93. The zero-order valence-electron chi connectivity index (χ0n) is 24.5. The summed E-state index contributed by atoms with van der Waals surface area (Å²) in [5.41, 5.74) is 0.00575. The van der Waals surface area contributed by atoms with Crippen molar-refractivity contribution in [2.45, 2.75) is 82.0 Å². The highest BCUT2D eigenvalue weighted by molar-refractivity contribution is 7.88. The van der Waals surface area contributed by atoms with E-state index >= 15 is 0 Å². The third-order valence-electron chi connectivity index (χ3n) is 8.27. The van der Waals surface area contributed by atoms with Gasteiger partial charge >= 0.3 is 11.9 Å². The average molecular weight is 626 g/mol. The van der Waals surface area contributed by atoms with Gasteiger partial charge in [-0.2, -0.15) is 0 Å². The van der Waals surface area contributed by atoms with Gasteiger partial charge < -0.3 is 25.4 Å². The topological polar surface area (TPSA) is 200 Å². The van der Waals surface area contributed by atoms with Gasteiger partial charge in [0.1, 0.15) is 11.7 Å². The second-order valence-corrected chi connectivity index (χ2v) is 13.6. The summed E-state index contributed by atoms with van der Waals surface area (Å²) in [7, 11) is -1.89. The summed E-state index contributed by atoms with van der Waals surface area (Å²) in [5, 5.41) is 31.7. The van der Waals surface area contributed by atoms with Crippen molar-refractivity contribution in [3.63, 3.8) is 0 Å². The van der Waals surface area contributed by atoms with Gasteiger partial charge in [0.2, 0.25) is 10.0 Å². The minimum absolute atomic E-state index is 0.0521. The van der Waals surface area contributed by atoms with Crippen molar-refractivity contribution in [2.24, 2.45) is 0 Å². The molecule has 0 spiro atoms. The molecule has 15 nitrogen and oxygen atoms in total. The van der Waals surface area contributed by atoms with Gasteiger partial charge in [-0.1, -0.05) is 0 Å². The summed E-state index contributed by atoms with van der Waals surface area (Å²) >= 11 is 0. The van der Waals surface area contributed by atoms with Crippen molar-refractivity contribution in [3.05, 3.63) is 40.3 Å². The summed E-state index contributed by atoms with van der Waals surface area (Å²) in [6.07, 6.45) is -0.984. The van der Waals surface area contributed by atoms with Crippen molar-refractivity contribution < 1.29 is 42.9 Å². The Morgan fingerprint density at radius 1 is 1.19 bits per heavy atom. The van der Waals surface area contributed by atoms with Crippen molar-refractivity contribution in [2.75, 3.05) is 26.4 Å². The Morgan fingerprint density at radius 2 is 1.88 bits per heavy atom. The van der Waals surface area contributed by atoms with E-state index in [1.165, 1.54) is 22.1 Å². The lowest BCUT2D eigenvalue weighted by molar-refractivity contribution is -0.178. The monoisotopic (exact) mass is 625 g/mol. The standard InChI is InChI=1S/C27H39N5O10S/c1-15(2)32-25(36)18(13-17-7-5-12-31(17)32)24(35)28-19-14-16-8-9-20(30(16)11-6-10-29(3)43(4,40)41)23(19)42-27(39)22(34)21(33)26(37)38/h5,7,12-13,15-16,19-23,33-34H,6,8-11,14H2,1-4H3,(H,28,35)(H,37,38). The second kappa shape index (κ2) is 12.7. The molecule has 4 N–H and O–H groups in total. The minimum Gasteiger partial charge on any atom is -0.479 e. The first-order valence-corrected chi connectivity index (χ1v) is 16.0. The normalized spacial score (nSPS) is 23.9. The number of nitrogens with one attached hydrogen (secondary N) is 1. The van der Waals surface area contributed by atoms with Gasteiger partial charge in [-0.3, -0.25) is 19.0 Å². The number of carbonyl (C=O) groups excluding carboxylic acids is 2. The number of carboxylic acid groups (broad SMARTS) is 1. The number of rotatable bonds is 12. The summed E-state index contributed by atoms with van der Waals surface area (Å²) in [4.78, 5) is 52.9. The molecule has 2 aliphatic heterocycles. The van der Waals surface area contributed by atoms with E-state index in [0.717, 1.165) is 6.26 Å². The molecule has 2 fully saturated rings. The number of carboxylic acids is 1. The molecule has 0 aromatic carbocycles. The number of fused-ring (bicyclic) bond motifs is 3. The van der Waals surface area contributed by atoms with Crippen molar-refractivity contribution >= 4 is 33.4 Å². The predicted molar refractivity (Wildman–Crippen MR) is 153 cm³/mol. The molecular formula is C27H39N5O10S. The van der Waals surface area contributed by atoms with Crippen molar-refractivity contribution in [3.8, 4) is 0 Å². The lowest BCUT2D eigenvalue weighted by Gasteiger charge is -2.44. The molecule has 2 aromatic rings. The highest BCUT2D eigenvalue weighted by Crippen LogP contribution is 2.38. The molecule has 2 saturated heterocycles. The molecule has 4 heterocycles. The summed E-state index contributed by atoms with van der Waals surface area (Å²) in [6, 6.07) is 3.43. The van der Waals surface area contributed by atoms with Crippen LogP contribution in [0.2, 0.25) is 0 Å². The van der Waals surface area contributed by atoms with Crippen molar-refractivity contribution in [1.29, 1.82) is 0 Å². The Morgan fingerprint density at radius 3 is 2.51 bits per heavy atom. The van der Waals surface area contributed by atoms with Crippen LogP contribution < -0.4 is 10.9 Å². The maximum Gasteiger partial charge on any atom is 0.338 e. The number of aliphatic hydroxyl groups is 2. The van der Waals surface area contributed by atoms with Gasteiger partial charge in [0.15, 0.2) is 12.2 Å². The van der Waals surface area contributed by atoms with Crippen molar-refractivity contribution in [1.82, 2.24) is 23.7 Å². The third-order valence-corrected chi connectivity index (χ3v) is 9.58. The molecule has 0 radical (unpaired) electrons. The van der Waals surface area contributed by atoms with Crippen LogP contribution in [0, 0.1) is 0 Å². The number of hydrogen-bond donors (Lipinski definition) is 4. The Balaban J connectivity index is 1.60. The van der Waals surface area contributed by atoms with Gasteiger partial charge in [0.05, 0.1) is 17.8 Å². The van der Waals surface area contributed by atoms with E-state index in [0.29, 0.717) is 37.7 Å². The highest BCUT2D eigenvalue weighted by atomic mass is 32.2. The molecule has 4 rings (SSSR count). The van der Waals surface area contributed by atoms with Crippen LogP contribution in [-0.2, 0) is 24.3 Å². The van der Waals surface area contributed by atoms with Gasteiger partial charge in [-0.15, -0.1) is 0 Å². The number of aromatic nitrogens is 2. The van der Waals surface area contributed by atoms with Gasteiger partial charge in [0.25, 0.3) is 11.5 Å². The number of piperidine rings is 1. The number of sulfonamides is 1. The molecule has 2 bridgehead atoms. The molecule has 2 aliphatic rings. The lowest BCUT2D eigenvalue weighted by Crippen LogP contribution is -2.62. The second-order valence-electron chi connectivity index (χ2n) is 11.5. The molecule has 0 saturated carbocycles. The van der Waals surface area contributed by atoms with Crippen LogP contribution in [0.3, 0.4) is 0 Å². The molecule has 6 atom stereocenters. The number of ether oxygens (including phenoxy) is 1.